The highest BCUT2D eigenvalue weighted by atomic mass is 32.1. The highest BCUT2D eigenvalue weighted by Gasteiger charge is 2.39. The van der Waals surface area contributed by atoms with Crippen molar-refractivity contribution >= 4 is 23.2 Å². The second kappa shape index (κ2) is 6.03. The lowest BCUT2D eigenvalue weighted by atomic mass is 9.82. The first-order chi connectivity index (χ1) is 10.5. The van der Waals surface area contributed by atoms with Gasteiger partial charge in [0, 0.05) is 18.0 Å². The van der Waals surface area contributed by atoms with E-state index in [1.165, 1.54) is 29.7 Å². The molecular formula is C17H23NO3S. The van der Waals surface area contributed by atoms with Crippen LogP contribution in [0.15, 0.2) is 6.07 Å². The Morgan fingerprint density at radius 2 is 2.00 bits per heavy atom. The third-order valence-electron chi connectivity index (χ3n) is 4.96. The van der Waals surface area contributed by atoms with Gasteiger partial charge in [0.2, 0.25) is 0 Å². The van der Waals surface area contributed by atoms with Gasteiger partial charge >= 0.3 is 5.97 Å². The maximum absolute atomic E-state index is 12.8. The maximum atomic E-state index is 12.8. The van der Waals surface area contributed by atoms with Gasteiger partial charge in [0.1, 0.15) is 0 Å². The van der Waals surface area contributed by atoms with Crippen LogP contribution in [0.25, 0.3) is 0 Å². The summed E-state index contributed by atoms with van der Waals surface area (Å²) in [7, 11) is 0. The highest BCUT2D eigenvalue weighted by Crippen LogP contribution is 2.33. The molecule has 0 saturated carbocycles. The van der Waals surface area contributed by atoms with Crippen molar-refractivity contribution in [3.63, 3.8) is 0 Å². The van der Waals surface area contributed by atoms with Gasteiger partial charge in [-0.15, -0.1) is 11.3 Å². The minimum Gasteiger partial charge on any atom is -0.481 e. The average molecular weight is 321 g/mol. The van der Waals surface area contributed by atoms with Crippen LogP contribution in [0, 0.1) is 5.41 Å². The Hall–Kier alpha value is -1.36. The van der Waals surface area contributed by atoms with E-state index in [0.717, 1.165) is 24.1 Å². The molecular weight excluding hydrogens is 298 g/mol. The van der Waals surface area contributed by atoms with Crippen molar-refractivity contribution in [1.82, 2.24) is 4.90 Å². The zero-order valence-electron chi connectivity index (χ0n) is 13.1. The minimum atomic E-state index is -0.803. The van der Waals surface area contributed by atoms with Crippen LogP contribution < -0.4 is 0 Å². The molecule has 1 aromatic rings. The quantitative estimate of drug-likeness (QED) is 0.850. The van der Waals surface area contributed by atoms with Crippen LogP contribution in [-0.2, 0) is 17.6 Å². The van der Waals surface area contributed by atoms with E-state index in [2.05, 4.69) is 6.07 Å². The van der Waals surface area contributed by atoms with E-state index in [9.17, 15) is 14.7 Å². The molecule has 1 saturated heterocycles. The van der Waals surface area contributed by atoms with Crippen LogP contribution in [0.4, 0.5) is 0 Å². The van der Waals surface area contributed by atoms with E-state index in [-0.39, 0.29) is 5.91 Å². The van der Waals surface area contributed by atoms with Crippen molar-refractivity contribution in [3.05, 3.63) is 21.4 Å². The van der Waals surface area contributed by atoms with Gasteiger partial charge in [0.05, 0.1) is 10.3 Å². The zero-order valence-corrected chi connectivity index (χ0v) is 13.9. The van der Waals surface area contributed by atoms with Gasteiger partial charge in [-0.05, 0) is 57.1 Å². The highest BCUT2D eigenvalue weighted by molar-refractivity contribution is 7.14. The Kier molecular flexibility index (Phi) is 4.26. The molecule has 1 amide bonds. The predicted molar refractivity (Wildman–Crippen MR) is 86.5 cm³/mol. The molecule has 1 atom stereocenters. The fourth-order valence-corrected chi connectivity index (χ4v) is 4.74. The molecule has 1 unspecified atom stereocenters. The molecule has 22 heavy (non-hydrogen) atoms. The number of carboxylic acids is 1. The fraction of sp³-hybridized carbons (Fsp3) is 0.647. The Labute approximate surface area is 135 Å². The molecule has 0 bridgehead atoms. The molecule has 0 aromatic carbocycles. The molecule has 1 fully saturated rings. The fourth-order valence-electron chi connectivity index (χ4n) is 3.52. The lowest BCUT2D eigenvalue weighted by molar-refractivity contribution is -0.150. The largest absolute Gasteiger partial charge is 0.481 e. The van der Waals surface area contributed by atoms with Crippen LogP contribution >= 0.6 is 11.3 Å². The summed E-state index contributed by atoms with van der Waals surface area (Å²) in [5, 5.41) is 9.40. The molecule has 2 aliphatic rings. The monoisotopic (exact) mass is 321 g/mol. The SMILES string of the molecule is CC1(C(=O)O)CCCN(C(=O)c2cc3c(s2)CCCCC3)C1. The van der Waals surface area contributed by atoms with Crippen molar-refractivity contribution in [3.8, 4) is 0 Å². The Morgan fingerprint density at radius 3 is 2.77 bits per heavy atom. The van der Waals surface area contributed by atoms with E-state index >= 15 is 0 Å². The number of amides is 1. The smallest absolute Gasteiger partial charge is 0.311 e. The standard InChI is InChI=1S/C17H23NO3S/c1-17(16(20)21)8-5-9-18(11-17)15(19)14-10-12-6-3-2-4-7-13(12)22-14/h10H,2-9,11H2,1H3,(H,20,21). The van der Waals surface area contributed by atoms with Gasteiger partial charge in [-0.3, -0.25) is 9.59 Å². The van der Waals surface area contributed by atoms with E-state index < -0.39 is 11.4 Å². The summed E-state index contributed by atoms with van der Waals surface area (Å²) < 4.78 is 0. The maximum Gasteiger partial charge on any atom is 0.311 e. The molecule has 3 rings (SSSR count). The second-order valence-corrected chi connectivity index (χ2v) is 7.95. The van der Waals surface area contributed by atoms with Crippen molar-refractivity contribution < 1.29 is 14.7 Å². The first-order valence-corrected chi connectivity index (χ1v) is 8.95. The van der Waals surface area contributed by atoms with Crippen LogP contribution in [-0.4, -0.2) is 35.0 Å². The van der Waals surface area contributed by atoms with Crippen molar-refractivity contribution in [2.24, 2.45) is 5.41 Å². The third kappa shape index (κ3) is 2.91. The molecule has 2 heterocycles. The molecule has 1 aromatic heterocycles. The number of aliphatic carboxylic acids is 1. The Bertz CT molecular complexity index is 571. The summed E-state index contributed by atoms with van der Waals surface area (Å²) >= 11 is 1.62. The number of fused-ring (bicyclic) bond motifs is 1. The molecule has 0 spiro atoms. The van der Waals surface area contributed by atoms with Gasteiger partial charge in [0.15, 0.2) is 0 Å². The van der Waals surface area contributed by atoms with Crippen LogP contribution in [0.2, 0.25) is 0 Å². The van der Waals surface area contributed by atoms with Gasteiger partial charge in [-0.2, -0.15) is 0 Å². The molecule has 1 aliphatic heterocycles. The van der Waals surface area contributed by atoms with Gasteiger partial charge in [0.25, 0.3) is 5.91 Å². The summed E-state index contributed by atoms with van der Waals surface area (Å²) in [6.07, 6.45) is 7.26. The first kappa shape index (κ1) is 15.5. The number of piperidine rings is 1. The number of hydrogen-bond acceptors (Lipinski definition) is 3. The average Bonchev–Trinajstić information content (AvgIpc) is 2.77. The Balaban J connectivity index is 1.78. The molecule has 1 N–H and O–H groups in total. The summed E-state index contributed by atoms with van der Waals surface area (Å²) in [5.41, 5.74) is 0.534. The Morgan fingerprint density at radius 1 is 1.23 bits per heavy atom. The van der Waals surface area contributed by atoms with Crippen LogP contribution in [0.3, 0.4) is 0 Å². The molecule has 0 radical (unpaired) electrons. The number of thiophene rings is 1. The van der Waals surface area contributed by atoms with E-state index in [4.69, 9.17) is 0 Å². The number of hydrogen-bond donors (Lipinski definition) is 1. The van der Waals surface area contributed by atoms with Crippen molar-refractivity contribution in [2.45, 2.75) is 51.9 Å². The summed E-state index contributed by atoms with van der Waals surface area (Å²) in [4.78, 5) is 28.1. The third-order valence-corrected chi connectivity index (χ3v) is 6.18. The predicted octanol–water partition coefficient (Wildman–Crippen LogP) is 3.34. The lowest BCUT2D eigenvalue weighted by Gasteiger charge is -2.37. The van der Waals surface area contributed by atoms with Gasteiger partial charge in [-0.1, -0.05) is 6.42 Å². The summed E-state index contributed by atoms with van der Waals surface area (Å²) in [5.74, 6) is -0.780. The minimum absolute atomic E-state index is 0.0187. The van der Waals surface area contributed by atoms with Crippen LogP contribution in [0.5, 0.6) is 0 Å². The first-order valence-electron chi connectivity index (χ1n) is 8.14. The number of nitrogens with zero attached hydrogens (tertiary/aromatic N) is 1. The topological polar surface area (TPSA) is 57.6 Å². The van der Waals surface area contributed by atoms with E-state index in [0.29, 0.717) is 19.5 Å². The second-order valence-electron chi connectivity index (χ2n) is 6.82. The number of likely N-dealkylation sites (tertiary alicyclic amines) is 1. The van der Waals surface area contributed by atoms with Gasteiger partial charge < -0.3 is 10.0 Å². The van der Waals surface area contributed by atoms with E-state index in [1.54, 1.807) is 23.2 Å². The van der Waals surface area contributed by atoms with Crippen molar-refractivity contribution in [2.75, 3.05) is 13.1 Å². The zero-order chi connectivity index (χ0) is 15.7. The number of carbonyl (C=O) groups excluding carboxylic acids is 1. The summed E-state index contributed by atoms with van der Waals surface area (Å²) in [6.45, 7) is 2.74. The normalized spacial score (nSPS) is 25.4. The van der Waals surface area contributed by atoms with Crippen LogP contribution in [0.1, 0.15) is 59.1 Å². The molecule has 1 aliphatic carbocycles. The molecule has 120 valence electrons. The summed E-state index contributed by atoms with van der Waals surface area (Å²) in [6, 6.07) is 2.06. The number of rotatable bonds is 2. The van der Waals surface area contributed by atoms with E-state index in [1.807, 2.05) is 0 Å². The number of carbonyl (C=O) groups is 2. The molecule has 5 heteroatoms. The number of carboxylic acid groups (broad SMARTS) is 1. The lowest BCUT2D eigenvalue weighted by Crippen LogP contribution is -2.48. The van der Waals surface area contributed by atoms with Gasteiger partial charge in [-0.25, -0.2) is 0 Å². The number of aryl methyl sites for hydroxylation is 2. The molecule has 4 nitrogen and oxygen atoms in total. The van der Waals surface area contributed by atoms with Crippen molar-refractivity contribution in [1.29, 1.82) is 0 Å².